The molecule has 9 heteroatoms. The second-order valence-corrected chi connectivity index (χ2v) is 8.96. The van der Waals surface area contributed by atoms with Crippen molar-refractivity contribution in [1.29, 1.82) is 0 Å². The van der Waals surface area contributed by atoms with Crippen LogP contribution in [0.25, 0.3) is 11.1 Å². The zero-order valence-corrected chi connectivity index (χ0v) is 18.9. The maximum Gasteiger partial charge on any atom is 0.407 e. The van der Waals surface area contributed by atoms with E-state index in [-0.39, 0.29) is 54.6 Å². The smallest absolute Gasteiger partial charge is 0.407 e. The molecule has 180 valence electrons. The first-order chi connectivity index (χ1) is 17.0. The number of hydrogen-bond donors (Lipinski definition) is 3. The van der Waals surface area contributed by atoms with Crippen LogP contribution in [0.4, 0.5) is 4.79 Å². The van der Waals surface area contributed by atoms with E-state index in [1.54, 1.807) is 0 Å². The van der Waals surface area contributed by atoms with Gasteiger partial charge in [0.25, 0.3) is 5.91 Å². The van der Waals surface area contributed by atoms with Gasteiger partial charge in [0, 0.05) is 18.4 Å². The summed E-state index contributed by atoms with van der Waals surface area (Å²) in [5, 5.41) is 18.2. The Labute approximate surface area is 201 Å². The van der Waals surface area contributed by atoms with Crippen LogP contribution >= 0.6 is 0 Å². The van der Waals surface area contributed by atoms with Gasteiger partial charge >= 0.3 is 12.1 Å². The minimum Gasteiger partial charge on any atom is -0.481 e. The number of rotatable bonds is 8. The first kappa shape index (κ1) is 22.6. The van der Waals surface area contributed by atoms with Gasteiger partial charge in [0.1, 0.15) is 24.1 Å². The number of carbonyl (C=O) groups is 3. The molecular weight excluding hydrogens is 450 g/mol. The topological polar surface area (TPSA) is 131 Å². The highest BCUT2D eigenvalue weighted by molar-refractivity contribution is 5.95. The molecule has 2 aromatic carbocycles. The molecule has 3 N–H and O–H groups in total. The molecule has 9 nitrogen and oxygen atoms in total. The first-order valence-electron chi connectivity index (χ1n) is 11.5. The van der Waals surface area contributed by atoms with Crippen LogP contribution < -0.4 is 10.6 Å². The molecule has 0 radical (unpaired) electrons. The monoisotopic (exact) mass is 475 g/mol. The van der Waals surface area contributed by atoms with Crippen molar-refractivity contribution in [3.63, 3.8) is 0 Å². The predicted molar refractivity (Wildman–Crippen MR) is 125 cm³/mol. The Bertz CT molecular complexity index is 1220. The van der Waals surface area contributed by atoms with Gasteiger partial charge in [-0.2, -0.15) is 0 Å². The summed E-state index contributed by atoms with van der Waals surface area (Å²) in [7, 11) is 0. The summed E-state index contributed by atoms with van der Waals surface area (Å²) in [4.78, 5) is 35.7. The lowest BCUT2D eigenvalue weighted by molar-refractivity contribution is -0.138. The maximum absolute atomic E-state index is 12.6. The van der Waals surface area contributed by atoms with Crippen LogP contribution in [-0.2, 0) is 16.1 Å². The Balaban J connectivity index is 1.13. The number of benzene rings is 2. The molecule has 1 saturated carbocycles. The summed E-state index contributed by atoms with van der Waals surface area (Å²) in [5.41, 5.74) is 5.06. The maximum atomic E-state index is 12.6. The number of carbonyl (C=O) groups excluding carboxylic acids is 2. The van der Waals surface area contributed by atoms with E-state index < -0.39 is 12.1 Å². The summed E-state index contributed by atoms with van der Waals surface area (Å²) >= 11 is 0. The third-order valence-electron chi connectivity index (χ3n) is 6.67. The molecule has 3 aromatic rings. The Kier molecular flexibility index (Phi) is 6.22. The number of amides is 2. The first-order valence-corrected chi connectivity index (χ1v) is 11.5. The average Bonchev–Trinajstić information content (AvgIpc) is 3.42. The summed E-state index contributed by atoms with van der Waals surface area (Å²) < 4.78 is 10.5. The van der Waals surface area contributed by atoms with E-state index in [1.165, 1.54) is 6.26 Å². The second-order valence-electron chi connectivity index (χ2n) is 8.96. The van der Waals surface area contributed by atoms with Crippen molar-refractivity contribution in [3.05, 3.63) is 77.2 Å². The number of aromatic nitrogens is 1. The number of aliphatic carboxylic acids is 1. The Morgan fingerprint density at radius 1 is 1.03 bits per heavy atom. The number of nitrogens with one attached hydrogen (secondary N) is 2. The lowest BCUT2D eigenvalue weighted by atomic mass is 9.78. The van der Waals surface area contributed by atoms with Crippen LogP contribution in [0.5, 0.6) is 0 Å². The molecule has 0 atom stereocenters. The molecule has 35 heavy (non-hydrogen) atoms. The molecule has 0 unspecified atom stereocenters. The van der Waals surface area contributed by atoms with Gasteiger partial charge in [-0.15, -0.1) is 0 Å². The van der Waals surface area contributed by atoms with Crippen molar-refractivity contribution in [2.24, 2.45) is 5.92 Å². The van der Waals surface area contributed by atoms with Crippen molar-refractivity contribution in [3.8, 4) is 11.1 Å². The standard InChI is InChI=1S/C26H25N3O6/c30-24(31)11-15-9-16(10-15)28-25(32)22-14-35-29-23(22)12-27-26(33)34-13-21-19-7-3-1-5-17(19)18-6-2-4-8-20(18)21/h1-8,14-16,21H,9-13H2,(H,27,33)(H,28,32)(H,30,31). The SMILES string of the molecule is O=C(O)CC1CC(NC(=O)c2conc2CNC(=O)OCC2c3ccccc3-c3ccccc32)C1. The number of carboxylic acids is 1. The average molecular weight is 476 g/mol. The molecule has 2 amide bonds. The molecule has 1 heterocycles. The van der Waals surface area contributed by atoms with Crippen molar-refractivity contribution in [2.45, 2.75) is 37.8 Å². The molecule has 2 aliphatic rings. The summed E-state index contributed by atoms with van der Waals surface area (Å²) in [6.45, 7) is 0.160. The molecule has 0 bridgehead atoms. The lowest BCUT2D eigenvalue weighted by Gasteiger charge is -2.34. The summed E-state index contributed by atoms with van der Waals surface area (Å²) in [5.74, 6) is -1.17. The van der Waals surface area contributed by atoms with Crippen LogP contribution in [0.3, 0.4) is 0 Å². The van der Waals surface area contributed by atoms with Crippen molar-refractivity contribution in [1.82, 2.24) is 15.8 Å². The van der Waals surface area contributed by atoms with Gasteiger partial charge in [0.15, 0.2) is 0 Å². The molecule has 1 aromatic heterocycles. The van der Waals surface area contributed by atoms with Crippen LogP contribution in [0.2, 0.25) is 0 Å². The van der Waals surface area contributed by atoms with Gasteiger partial charge in [-0.3, -0.25) is 9.59 Å². The number of alkyl carbamates (subject to hydrolysis) is 1. The molecule has 5 rings (SSSR count). The van der Waals surface area contributed by atoms with Crippen molar-refractivity contribution < 1.29 is 28.8 Å². The Morgan fingerprint density at radius 3 is 2.34 bits per heavy atom. The zero-order valence-electron chi connectivity index (χ0n) is 18.9. The van der Waals surface area contributed by atoms with E-state index in [1.807, 2.05) is 36.4 Å². The van der Waals surface area contributed by atoms with E-state index >= 15 is 0 Å². The van der Waals surface area contributed by atoms with Gasteiger partial charge in [0.2, 0.25) is 0 Å². The molecule has 0 spiro atoms. The van der Waals surface area contributed by atoms with E-state index in [2.05, 4.69) is 27.9 Å². The molecule has 2 aliphatic carbocycles. The van der Waals surface area contributed by atoms with Crippen LogP contribution in [0, 0.1) is 5.92 Å². The highest BCUT2D eigenvalue weighted by Gasteiger charge is 2.33. The van der Waals surface area contributed by atoms with Crippen LogP contribution in [0.1, 0.15) is 52.4 Å². The molecule has 1 fully saturated rings. The van der Waals surface area contributed by atoms with Gasteiger partial charge in [0.05, 0.1) is 6.54 Å². The number of ether oxygens (including phenoxy) is 1. The Hall–Kier alpha value is -4.14. The molecule has 0 saturated heterocycles. The fourth-order valence-corrected chi connectivity index (χ4v) is 4.91. The lowest BCUT2D eigenvalue weighted by Crippen LogP contribution is -2.45. The molecule has 0 aliphatic heterocycles. The fourth-order valence-electron chi connectivity index (χ4n) is 4.91. The highest BCUT2D eigenvalue weighted by atomic mass is 16.5. The largest absolute Gasteiger partial charge is 0.481 e. The van der Waals surface area contributed by atoms with Crippen LogP contribution in [0.15, 0.2) is 59.3 Å². The van der Waals surface area contributed by atoms with Crippen molar-refractivity contribution >= 4 is 18.0 Å². The van der Waals surface area contributed by atoms with E-state index in [4.69, 9.17) is 14.4 Å². The summed E-state index contributed by atoms with van der Waals surface area (Å²) in [6.07, 6.45) is 1.97. The van der Waals surface area contributed by atoms with E-state index in [9.17, 15) is 14.4 Å². The zero-order chi connectivity index (χ0) is 24.4. The van der Waals surface area contributed by atoms with Gasteiger partial charge in [-0.05, 0) is 41.0 Å². The van der Waals surface area contributed by atoms with Crippen LogP contribution in [-0.4, -0.2) is 40.9 Å². The summed E-state index contributed by atoms with van der Waals surface area (Å²) in [6, 6.07) is 16.1. The number of carboxylic acid groups (broad SMARTS) is 1. The number of fused-ring (bicyclic) bond motifs is 3. The fraction of sp³-hybridized carbons (Fsp3) is 0.308. The number of hydrogen-bond acceptors (Lipinski definition) is 6. The number of nitrogens with zero attached hydrogens (tertiary/aromatic N) is 1. The van der Waals surface area contributed by atoms with E-state index in [0.29, 0.717) is 12.8 Å². The quantitative estimate of drug-likeness (QED) is 0.453. The van der Waals surface area contributed by atoms with Gasteiger partial charge in [-0.1, -0.05) is 53.7 Å². The third kappa shape index (κ3) is 4.75. The van der Waals surface area contributed by atoms with Crippen molar-refractivity contribution in [2.75, 3.05) is 6.61 Å². The minimum atomic E-state index is -0.833. The third-order valence-corrected chi connectivity index (χ3v) is 6.67. The second kappa shape index (κ2) is 9.61. The molecular formula is C26H25N3O6. The Morgan fingerprint density at radius 2 is 1.69 bits per heavy atom. The highest BCUT2D eigenvalue weighted by Crippen LogP contribution is 2.44. The predicted octanol–water partition coefficient (Wildman–Crippen LogP) is 3.70. The normalized spacial score (nSPS) is 18.2. The van der Waals surface area contributed by atoms with E-state index in [0.717, 1.165) is 22.3 Å². The van der Waals surface area contributed by atoms with Gasteiger partial charge < -0.3 is 25.0 Å². The van der Waals surface area contributed by atoms with Gasteiger partial charge in [-0.25, -0.2) is 4.79 Å². The minimum absolute atomic E-state index is 0.0256.